The quantitative estimate of drug-likeness (QED) is 0.712. The third-order valence-electron chi connectivity index (χ3n) is 3.72. The van der Waals surface area contributed by atoms with Gasteiger partial charge in [-0.1, -0.05) is 18.2 Å². The van der Waals surface area contributed by atoms with Crippen molar-refractivity contribution >= 4 is 22.9 Å². The van der Waals surface area contributed by atoms with Crippen LogP contribution < -0.4 is 0 Å². The summed E-state index contributed by atoms with van der Waals surface area (Å²) in [5.74, 6) is -2.53. The summed E-state index contributed by atoms with van der Waals surface area (Å²) in [5.41, 5.74) is 1.53. The first-order valence-electron chi connectivity index (χ1n) is 7.38. The molecule has 0 saturated carbocycles. The highest BCUT2D eigenvalue weighted by molar-refractivity contribution is 5.92. The van der Waals surface area contributed by atoms with Crippen LogP contribution in [-0.2, 0) is 18.0 Å². The average Bonchev–Trinajstić information content (AvgIpc) is 2.92. The molecule has 128 valence electrons. The summed E-state index contributed by atoms with van der Waals surface area (Å²) >= 11 is 0. The molecule has 0 atom stereocenters. The van der Waals surface area contributed by atoms with Crippen LogP contribution in [0.2, 0.25) is 0 Å². The summed E-state index contributed by atoms with van der Waals surface area (Å²) in [5, 5.41) is 13.7. The largest absolute Gasteiger partial charge is 0.478 e. The Morgan fingerprint density at radius 1 is 1.20 bits per heavy atom. The van der Waals surface area contributed by atoms with Crippen LogP contribution in [0.1, 0.15) is 16.8 Å². The molecule has 0 radical (unpaired) electrons. The maximum absolute atomic E-state index is 13.9. The fourth-order valence-electron chi connectivity index (χ4n) is 2.53. The fraction of sp³-hybridized carbons (Fsp3) is 0.111. The van der Waals surface area contributed by atoms with Crippen LogP contribution in [0, 0.1) is 11.6 Å². The van der Waals surface area contributed by atoms with Gasteiger partial charge in [-0.2, -0.15) is 5.10 Å². The van der Waals surface area contributed by atoms with Gasteiger partial charge in [-0.05, 0) is 23.8 Å². The number of carboxylic acid groups (broad SMARTS) is 1. The van der Waals surface area contributed by atoms with Gasteiger partial charge < -0.3 is 5.11 Å². The molecule has 4 nitrogen and oxygen atoms in total. The zero-order chi connectivity index (χ0) is 18.0. The first-order valence-corrected chi connectivity index (χ1v) is 7.38. The van der Waals surface area contributed by atoms with Crippen molar-refractivity contribution < 1.29 is 23.1 Å². The molecule has 1 heterocycles. The molecule has 0 spiro atoms. The fourth-order valence-corrected chi connectivity index (χ4v) is 2.53. The van der Waals surface area contributed by atoms with E-state index in [1.165, 1.54) is 16.8 Å². The molecule has 1 aromatic heterocycles. The molecular weight excluding hydrogens is 333 g/mol. The predicted molar refractivity (Wildman–Crippen MR) is 86.7 cm³/mol. The Morgan fingerprint density at radius 3 is 2.68 bits per heavy atom. The van der Waals surface area contributed by atoms with Crippen LogP contribution >= 0.6 is 0 Å². The van der Waals surface area contributed by atoms with Crippen LogP contribution in [0.15, 0.2) is 42.5 Å². The molecule has 0 aliphatic rings. The lowest BCUT2D eigenvalue weighted by atomic mass is 10.1. The number of fused-ring (bicyclic) bond motifs is 1. The van der Waals surface area contributed by atoms with Gasteiger partial charge in [0.15, 0.2) is 0 Å². The molecule has 0 aliphatic carbocycles. The van der Waals surface area contributed by atoms with Crippen molar-refractivity contribution in [2.24, 2.45) is 0 Å². The monoisotopic (exact) mass is 346 g/mol. The molecule has 3 aromatic rings. The van der Waals surface area contributed by atoms with E-state index < -0.39 is 24.3 Å². The number of carbonyl (C=O) groups is 1. The number of benzene rings is 2. The normalized spacial score (nSPS) is 11.5. The second-order valence-corrected chi connectivity index (χ2v) is 5.44. The number of alkyl halides is 1. The zero-order valence-corrected chi connectivity index (χ0v) is 12.9. The van der Waals surface area contributed by atoms with Gasteiger partial charge in [0.25, 0.3) is 0 Å². The number of hydrogen-bond donors (Lipinski definition) is 1. The minimum atomic E-state index is -1.13. The molecular formula is C18H13F3N2O2. The Bertz CT molecular complexity index is 980. The summed E-state index contributed by atoms with van der Waals surface area (Å²) in [6.07, 6.45) is 2.25. The summed E-state index contributed by atoms with van der Waals surface area (Å²) in [6, 6.07) is 8.01. The highest BCUT2D eigenvalue weighted by Crippen LogP contribution is 2.23. The van der Waals surface area contributed by atoms with Gasteiger partial charge in [0, 0.05) is 23.1 Å². The summed E-state index contributed by atoms with van der Waals surface area (Å²) in [4.78, 5) is 10.7. The van der Waals surface area contributed by atoms with Gasteiger partial charge >= 0.3 is 5.97 Å². The Balaban J connectivity index is 2.10. The maximum Gasteiger partial charge on any atom is 0.328 e. The molecule has 0 amide bonds. The lowest BCUT2D eigenvalue weighted by Crippen LogP contribution is -2.04. The standard InChI is InChI=1S/C18H13F3N2O2/c19-9-11-1-4-14-16(5-6-18(24)25)22-23(17(14)7-11)10-12-2-3-13(20)8-15(12)21/h1-8H,9-10H2,(H,24,25)/b6-5+. The highest BCUT2D eigenvalue weighted by Gasteiger charge is 2.12. The summed E-state index contributed by atoms with van der Waals surface area (Å²) < 4.78 is 41.4. The number of aromatic nitrogens is 2. The van der Waals surface area contributed by atoms with Gasteiger partial charge in [-0.15, -0.1) is 0 Å². The first-order chi connectivity index (χ1) is 12.0. The van der Waals surface area contributed by atoms with Crippen molar-refractivity contribution in [2.45, 2.75) is 13.2 Å². The average molecular weight is 346 g/mol. The van der Waals surface area contributed by atoms with Crippen LogP contribution in [0.25, 0.3) is 17.0 Å². The highest BCUT2D eigenvalue weighted by atomic mass is 19.1. The van der Waals surface area contributed by atoms with Crippen LogP contribution in [-0.4, -0.2) is 20.9 Å². The Hall–Kier alpha value is -3.09. The lowest BCUT2D eigenvalue weighted by molar-refractivity contribution is -0.131. The molecule has 0 fully saturated rings. The van der Waals surface area contributed by atoms with E-state index in [2.05, 4.69) is 5.10 Å². The molecule has 7 heteroatoms. The van der Waals surface area contributed by atoms with Crippen molar-refractivity contribution in [3.63, 3.8) is 0 Å². The first kappa shape index (κ1) is 16.8. The van der Waals surface area contributed by atoms with E-state index in [-0.39, 0.29) is 12.1 Å². The number of aliphatic carboxylic acids is 1. The van der Waals surface area contributed by atoms with Crippen LogP contribution in [0.4, 0.5) is 13.2 Å². The van der Waals surface area contributed by atoms with Gasteiger partial charge in [-0.25, -0.2) is 18.0 Å². The van der Waals surface area contributed by atoms with Crippen molar-refractivity contribution in [3.05, 3.63) is 70.9 Å². The van der Waals surface area contributed by atoms with Crippen molar-refractivity contribution in [3.8, 4) is 0 Å². The van der Waals surface area contributed by atoms with Crippen molar-refractivity contribution in [1.82, 2.24) is 9.78 Å². The second-order valence-electron chi connectivity index (χ2n) is 5.44. The molecule has 25 heavy (non-hydrogen) atoms. The number of halogens is 3. The second kappa shape index (κ2) is 6.80. The maximum atomic E-state index is 13.9. The van der Waals surface area contributed by atoms with E-state index in [4.69, 9.17) is 5.11 Å². The van der Waals surface area contributed by atoms with Gasteiger partial charge in [0.1, 0.15) is 18.3 Å². The summed E-state index contributed by atoms with van der Waals surface area (Å²) in [7, 11) is 0. The third kappa shape index (κ3) is 3.55. The summed E-state index contributed by atoms with van der Waals surface area (Å²) in [6.45, 7) is -0.675. The topological polar surface area (TPSA) is 55.1 Å². The Kier molecular flexibility index (Phi) is 4.56. The molecule has 0 aliphatic heterocycles. The SMILES string of the molecule is O=C(O)/C=C/c1nn(Cc2ccc(F)cc2F)c2cc(CF)ccc12. The van der Waals surface area contributed by atoms with Crippen LogP contribution in [0.3, 0.4) is 0 Å². The minimum Gasteiger partial charge on any atom is -0.478 e. The van der Waals surface area contributed by atoms with E-state index in [9.17, 15) is 18.0 Å². The molecule has 3 rings (SSSR count). The lowest BCUT2D eigenvalue weighted by Gasteiger charge is -2.06. The Morgan fingerprint density at radius 2 is 2.00 bits per heavy atom. The van der Waals surface area contributed by atoms with Crippen molar-refractivity contribution in [1.29, 1.82) is 0 Å². The minimum absolute atomic E-state index is 0.000730. The van der Waals surface area contributed by atoms with Gasteiger partial charge in [0.05, 0.1) is 17.8 Å². The molecule has 1 N–H and O–H groups in total. The number of rotatable bonds is 5. The zero-order valence-electron chi connectivity index (χ0n) is 12.9. The van der Waals surface area contributed by atoms with Crippen molar-refractivity contribution in [2.75, 3.05) is 0 Å². The molecule has 0 saturated heterocycles. The van der Waals surface area contributed by atoms with E-state index in [1.807, 2.05) is 0 Å². The van der Waals surface area contributed by atoms with Gasteiger partial charge in [-0.3, -0.25) is 4.68 Å². The molecule has 0 bridgehead atoms. The number of hydrogen-bond acceptors (Lipinski definition) is 2. The van der Waals surface area contributed by atoms with E-state index in [1.54, 1.807) is 18.2 Å². The Labute approximate surface area is 140 Å². The van der Waals surface area contributed by atoms with E-state index in [0.29, 0.717) is 22.2 Å². The van der Waals surface area contributed by atoms with E-state index in [0.717, 1.165) is 18.2 Å². The third-order valence-corrected chi connectivity index (χ3v) is 3.72. The number of carboxylic acids is 1. The molecule has 2 aromatic carbocycles. The predicted octanol–water partition coefficient (Wildman–Crippen LogP) is 3.93. The van der Waals surface area contributed by atoms with Gasteiger partial charge in [0.2, 0.25) is 0 Å². The number of nitrogens with zero attached hydrogens (tertiary/aromatic N) is 2. The van der Waals surface area contributed by atoms with E-state index >= 15 is 0 Å². The van der Waals surface area contributed by atoms with Crippen LogP contribution in [0.5, 0.6) is 0 Å². The molecule has 0 unspecified atom stereocenters. The smallest absolute Gasteiger partial charge is 0.328 e.